The van der Waals surface area contributed by atoms with Gasteiger partial charge in [-0.15, -0.1) is 0 Å². The molecule has 0 amide bonds. The van der Waals surface area contributed by atoms with Gasteiger partial charge in [0.2, 0.25) is 0 Å². The number of hydrogen-bond donors (Lipinski definition) is 1. The van der Waals surface area contributed by atoms with Crippen LogP contribution in [0.2, 0.25) is 0 Å². The van der Waals surface area contributed by atoms with Crippen LogP contribution >= 0.6 is 0 Å². The maximum Gasteiger partial charge on any atom is 0.0294 e. The summed E-state index contributed by atoms with van der Waals surface area (Å²) >= 11 is 0. The van der Waals surface area contributed by atoms with E-state index < -0.39 is 0 Å². The van der Waals surface area contributed by atoms with E-state index in [-0.39, 0.29) is 0 Å². The molecule has 0 radical (unpaired) electrons. The minimum absolute atomic E-state index is 0.466. The van der Waals surface area contributed by atoms with Gasteiger partial charge in [0, 0.05) is 12.1 Å². The van der Waals surface area contributed by atoms with Crippen LogP contribution in [0.25, 0.3) is 0 Å². The first kappa shape index (κ1) is 12.6. The summed E-state index contributed by atoms with van der Waals surface area (Å²) < 4.78 is 0. The third-order valence-electron chi connectivity index (χ3n) is 4.00. The molecular weight excluding hydrogens is 206 g/mol. The molecule has 2 rings (SSSR count). The molecule has 94 valence electrons. The van der Waals surface area contributed by atoms with Gasteiger partial charge in [-0.1, -0.05) is 43.7 Å². The molecule has 1 aliphatic rings. The Hall–Kier alpha value is -0.820. The summed E-state index contributed by atoms with van der Waals surface area (Å²) in [4.78, 5) is 0. The number of hydrogen-bond acceptors (Lipinski definition) is 1. The van der Waals surface area contributed by atoms with Gasteiger partial charge in [-0.25, -0.2) is 0 Å². The lowest BCUT2D eigenvalue weighted by Crippen LogP contribution is -2.30. The van der Waals surface area contributed by atoms with Crippen molar-refractivity contribution in [3.8, 4) is 0 Å². The molecule has 1 aliphatic carbocycles. The molecule has 17 heavy (non-hydrogen) atoms. The quantitative estimate of drug-likeness (QED) is 0.821. The van der Waals surface area contributed by atoms with Crippen molar-refractivity contribution in [3.05, 3.63) is 35.4 Å². The number of benzene rings is 1. The van der Waals surface area contributed by atoms with E-state index in [0.29, 0.717) is 17.5 Å². The molecule has 0 aliphatic heterocycles. The van der Waals surface area contributed by atoms with Gasteiger partial charge in [0.25, 0.3) is 0 Å². The first-order chi connectivity index (χ1) is 7.96. The van der Waals surface area contributed by atoms with Gasteiger partial charge in [-0.3, -0.25) is 0 Å². The van der Waals surface area contributed by atoms with Gasteiger partial charge in [0.05, 0.1) is 0 Å². The number of rotatable bonds is 3. The van der Waals surface area contributed by atoms with Gasteiger partial charge < -0.3 is 5.32 Å². The minimum atomic E-state index is 0.466. The molecule has 1 saturated carbocycles. The first-order valence-corrected chi connectivity index (χ1v) is 6.79. The largest absolute Gasteiger partial charge is 0.307 e. The topological polar surface area (TPSA) is 12.0 Å². The second kappa shape index (κ2) is 4.81. The minimum Gasteiger partial charge on any atom is -0.307 e. The molecule has 1 aromatic rings. The van der Waals surface area contributed by atoms with Crippen molar-refractivity contribution >= 4 is 0 Å². The molecule has 1 N–H and O–H groups in total. The highest BCUT2D eigenvalue weighted by molar-refractivity contribution is 5.24. The highest BCUT2D eigenvalue weighted by Gasteiger charge is 2.31. The van der Waals surface area contributed by atoms with Gasteiger partial charge in [0.1, 0.15) is 0 Å². The standard InChI is InChI=1S/C16H25N/c1-12-6-5-7-14(10-12)13(2)17-15-8-9-16(3,4)11-15/h5-7,10,13,15,17H,8-9,11H2,1-4H3/t13-,15?/m1/s1. The summed E-state index contributed by atoms with van der Waals surface area (Å²) in [5, 5.41) is 3.78. The van der Waals surface area contributed by atoms with Crippen molar-refractivity contribution in [1.82, 2.24) is 5.32 Å². The molecule has 1 aromatic carbocycles. The van der Waals surface area contributed by atoms with Crippen molar-refractivity contribution in [1.29, 1.82) is 0 Å². The third kappa shape index (κ3) is 3.32. The Bertz CT molecular complexity index is 381. The summed E-state index contributed by atoms with van der Waals surface area (Å²) in [6.45, 7) is 9.20. The van der Waals surface area contributed by atoms with Crippen LogP contribution in [-0.4, -0.2) is 6.04 Å². The van der Waals surface area contributed by atoms with Crippen molar-refractivity contribution in [2.45, 2.75) is 59.0 Å². The lowest BCUT2D eigenvalue weighted by Gasteiger charge is -2.22. The molecule has 2 atom stereocenters. The summed E-state index contributed by atoms with van der Waals surface area (Å²) in [7, 11) is 0. The summed E-state index contributed by atoms with van der Waals surface area (Å²) in [5.74, 6) is 0. The van der Waals surface area contributed by atoms with Crippen LogP contribution in [0.3, 0.4) is 0 Å². The van der Waals surface area contributed by atoms with Crippen molar-refractivity contribution in [2.75, 3.05) is 0 Å². The molecule has 1 heteroatoms. The summed E-state index contributed by atoms with van der Waals surface area (Å²) in [6, 6.07) is 9.99. The third-order valence-corrected chi connectivity index (χ3v) is 4.00. The van der Waals surface area contributed by atoms with Crippen LogP contribution in [0.4, 0.5) is 0 Å². The second-order valence-corrected chi connectivity index (χ2v) is 6.41. The Kier molecular flexibility index (Phi) is 3.58. The fraction of sp³-hybridized carbons (Fsp3) is 0.625. The smallest absolute Gasteiger partial charge is 0.0294 e. The zero-order valence-corrected chi connectivity index (χ0v) is 11.6. The Morgan fingerprint density at radius 3 is 2.71 bits per heavy atom. The van der Waals surface area contributed by atoms with Crippen LogP contribution < -0.4 is 5.32 Å². The van der Waals surface area contributed by atoms with Crippen LogP contribution in [0.5, 0.6) is 0 Å². The lowest BCUT2D eigenvalue weighted by molar-refractivity contribution is 0.356. The maximum absolute atomic E-state index is 3.78. The number of aryl methyl sites for hydroxylation is 1. The van der Waals surface area contributed by atoms with Crippen molar-refractivity contribution in [2.24, 2.45) is 5.41 Å². The van der Waals surface area contributed by atoms with Gasteiger partial charge in [-0.2, -0.15) is 0 Å². The van der Waals surface area contributed by atoms with E-state index in [9.17, 15) is 0 Å². The van der Waals surface area contributed by atoms with E-state index in [1.807, 2.05) is 0 Å². The zero-order valence-electron chi connectivity index (χ0n) is 11.6. The fourth-order valence-corrected chi connectivity index (χ4v) is 2.97. The van der Waals surface area contributed by atoms with Crippen LogP contribution in [0.1, 0.15) is 57.2 Å². The van der Waals surface area contributed by atoms with E-state index in [1.165, 1.54) is 30.4 Å². The van der Waals surface area contributed by atoms with Gasteiger partial charge in [0.15, 0.2) is 0 Å². The SMILES string of the molecule is Cc1cccc([C@@H](C)NC2CCC(C)(C)C2)c1. The Morgan fingerprint density at radius 1 is 1.35 bits per heavy atom. The predicted molar refractivity (Wildman–Crippen MR) is 74.1 cm³/mol. The van der Waals surface area contributed by atoms with Crippen LogP contribution in [0.15, 0.2) is 24.3 Å². The molecule has 1 nitrogen and oxygen atoms in total. The van der Waals surface area contributed by atoms with Gasteiger partial charge in [-0.05, 0) is 44.1 Å². The average molecular weight is 231 g/mol. The lowest BCUT2D eigenvalue weighted by atomic mass is 9.91. The molecule has 0 heterocycles. The Balaban J connectivity index is 1.96. The Labute approximate surface area is 106 Å². The van der Waals surface area contributed by atoms with E-state index >= 15 is 0 Å². The fourth-order valence-electron chi connectivity index (χ4n) is 2.97. The molecule has 0 saturated heterocycles. The maximum atomic E-state index is 3.78. The van der Waals surface area contributed by atoms with Crippen molar-refractivity contribution < 1.29 is 0 Å². The number of nitrogens with one attached hydrogen (secondary N) is 1. The van der Waals surface area contributed by atoms with Crippen LogP contribution in [-0.2, 0) is 0 Å². The predicted octanol–water partition coefficient (Wildman–Crippen LogP) is 4.22. The van der Waals surface area contributed by atoms with E-state index in [4.69, 9.17) is 0 Å². The highest BCUT2D eigenvalue weighted by atomic mass is 15.0. The average Bonchev–Trinajstić information content (AvgIpc) is 2.58. The summed E-state index contributed by atoms with van der Waals surface area (Å²) in [6.07, 6.45) is 3.98. The van der Waals surface area contributed by atoms with E-state index in [0.717, 1.165) is 0 Å². The molecule has 0 aromatic heterocycles. The van der Waals surface area contributed by atoms with Gasteiger partial charge >= 0.3 is 0 Å². The zero-order chi connectivity index (χ0) is 12.5. The van der Waals surface area contributed by atoms with Crippen LogP contribution in [0, 0.1) is 12.3 Å². The summed E-state index contributed by atoms with van der Waals surface area (Å²) in [5.41, 5.74) is 3.29. The van der Waals surface area contributed by atoms with E-state index in [1.54, 1.807) is 0 Å². The molecular formula is C16H25N. The normalized spacial score (nSPS) is 24.8. The van der Waals surface area contributed by atoms with Crippen molar-refractivity contribution in [3.63, 3.8) is 0 Å². The monoisotopic (exact) mass is 231 g/mol. The Morgan fingerprint density at radius 2 is 2.12 bits per heavy atom. The second-order valence-electron chi connectivity index (χ2n) is 6.41. The molecule has 0 bridgehead atoms. The first-order valence-electron chi connectivity index (χ1n) is 6.79. The van der Waals surface area contributed by atoms with E-state index in [2.05, 4.69) is 57.3 Å². The molecule has 1 fully saturated rings. The molecule has 0 spiro atoms. The highest BCUT2D eigenvalue weighted by Crippen LogP contribution is 2.37. The molecule has 1 unspecified atom stereocenters.